The number of hydrogen-bond donors (Lipinski definition) is 2. The molecule has 1 aromatic heterocycles. The fourth-order valence-corrected chi connectivity index (χ4v) is 2.28. The van der Waals surface area contributed by atoms with Gasteiger partial charge in [-0.15, -0.1) is 24.0 Å². The Balaban J connectivity index is 0.00000338. The fourth-order valence-electron chi connectivity index (χ4n) is 2.28. The van der Waals surface area contributed by atoms with Gasteiger partial charge < -0.3 is 19.9 Å². The van der Waals surface area contributed by atoms with Crippen LogP contribution in [0.5, 0.6) is 0 Å². The normalized spacial score (nSPS) is 12.3. The molecule has 0 bridgehead atoms. The molecule has 0 radical (unpaired) electrons. The van der Waals surface area contributed by atoms with Crippen LogP contribution in [0.3, 0.4) is 0 Å². The first-order valence-corrected chi connectivity index (χ1v) is 8.72. The van der Waals surface area contributed by atoms with Crippen molar-refractivity contribution in [2.75, 3.05) is 20.2 Å². The largest absolute Gasteiger partial charge is 0.376 e. The minimum Gasteiger partial charge on any atom is -0.376 e. The average molecular weight is 472 g/mol. The Bertz CT molecular complexity index is 646. The number of benzene rings is 1. The Labute approximate surface area is 172 Å². The molecule has 6 nitrogen and oxygen atoms in total. The predicted molar refractivity (Wildman–Crippen MR) is 115 cm³/mol. The summed E-state index contributed by atoms with van der Waals surface area (Å²) in [5.41, 5.74) is 2.16. The van der Waals surface area contributed by atoms with Crippen molar-refractivity contribution in [3.8, 4) is 0 Å². The lowest BCUT2D eigenvalue weighted by molar-refractivity contribution is 0.0931. The molecule has 0 fully saturated rings. The fraction of sp³-hybridized carbons (Fsp3) is 0.474. The summed E-state index contributed by atoms with van der Waals surface area (Å²) in [6.07, 6.45) is 0.872. The standard InChI is InChI=1S/C19H28N4O2.HI/c1-4-17-10-18(25-23-17)12-22-19(20-3)21-11-15(2)13-24-14-16-8-6-5-7-9-16;/h5-10,15H,4,11-14H2,1-3H3,(H2,20,21,22);1H. The molecule has 144 valence electrons. The topological polar surface area (TPSA) is 71.7 Å². The minimum absolute atomic E-state index is 0. The first kappa shape index (κ1) is 22.4. The van der Waals surface area contributed by atoms with Gasteiger partial charge in [-0.25, -0.2) is 0 Å². The molecule has 1 heterocycles. The van der Waals surface area contributed by atoms with E-state index in [1.54, 1.807) is 7.05 Å². The summed E-state index contributed by atoms with van der Waals surface area (Å²) in [7, 11) is 1.75. The zero-order valence-electron chi connectivity index (χ0n) is 15.7. The molecule has 1 unspecified atom stereocenters. The van der Waals surface area contributed by atoms with E-state index in [4.69, 9.17) is 9.26 Å². The van der Waals surface area contributed by atoms with Crippen molar-refractivity contribution in [2.45, 2.75) is 33.4 Å². The molecule has 0 saturated heterocycles. The Morgan fingerprint density at radius 2 is 2.04 bits per heavy atom. The van der Waals surface area contributed by atoms with E-state index in [9.17, 15) is 0 Å². The van der Waals surface area contributed by atoms with E-state index in [1.807, 2.05) is 24.3 Å². The third-order valence-electron chi connectivity index (χ3n) is 3.76. The molecule has 2 N–H and O–H groups in total. The van der Waals surface area contributed by atoms with Crippen molar-refractivity contribution in [3.05, 3.63) is 53.4 Å². The van der Waals surface area contributed by atoms with Gasteiger partial charge in [-0.2, -0.15) is 0 Å². The van der Waals surface area contributed by atoms with Crippen LogP contribution in [0.25, 0.3) is 0 Å². The Hall–Kier alpha value is -1.61. The van der Waals surface area contributed by atoms with Crippen LogP contribution in [-0.4, -0.2) is 31.3 Å². The number of hydrogen-bond acceptors (Lipinski definition) is 4. The zero-order valence-corrected chi connectivity index (χ0v) is 18.0. The average Bonchev–Trinajstić information content (AvgIpc) is 3.11. The summed E-state index contributed by atoms with van der Waals surface area (Å²) in [5, 5.41) is 10.5. The number of rotatable bonds is 9. The van der Waals surface area contributed by atoms with Crippen LogP contribution in [0, 0.1) is 5.92 Å². The molecule has 0 amide bonds. The number of aromatic nitrogens is 1. The second-order valence-electron chi connectivity index (χ2n) is 6.05. The van der Waals surface area contributed by atoms with Crippen molar-refractivity contribution >= 4 is 29.9 Å². The molecule has 7 heteroatoms. The molecule has 0 aliphatic rings. The van der Waals surface area contributed by atoms with Crippen molar-refractivity contribution in [1.82, 2.24) is 15.8 Å². The van der Waals surface area contributed by atoms with Crippen LogP contribution < -0.4 is 10.6 Å². The van der Waals surface area contributed by atoms with Crippen LogP contribution in [0.4, 0.5) is 0 Å². The van der Waals surface area contributed by atoms with E-state index in [-0.39, 0.29) is 24.0 Å². The van der Waals surface area contributed by atoms with E-state index in [0.717, 1.165) is 30.4 Å². The molecule has 1 atom stereocenters. The first-order chi connectivity index (χ1) is 12.2. The summed E-state index contributed by atoms with van der Waals surface area (Å²) in [6, 6.07) is 12.2. The number of aryl methyl sites for hydroxylation is 1. The van der Waals surface area contributed by atoms with Gasteiger partial charge in [0.05, 0.1) is 25.5 Å². The zero-order chi connectivity index (χ0) is 17.9. The molecular weight excluding hydrogens is 443 g/mol. The van der Waals surface area contributed by atoms with Gasteiger partial charge in [0.15, 0.2) is 11.7 Å². The van der Waals surface area contributed by atoms with E-state index < -0.39 is 0 Å². The number of guanidine groups is 1. The molecule has 1 aromatic carbocycles. The lowest BCUT2D eigenvalue weighted by Crippen LogP contribution is -2.39. The smallest absolute Gasteiger partial charge is 0.191 e. The van der Waals surface area contributed by atoms with Crippen molar-refractivity contribution in [1.29, 1.82) is 0 Å². The van der Waals surface area contributed by atoms with Gasteiger partial charge in [0.25, 0.3) is 0 Å². The van der Waals surface area contributed by atoms with E-state index in [2.05, 4.69) is 46.8 Å². The van der Waals surface area contributed by atoms with Gasteiger partial charge in [0.2, 0.25) is 0 Å². The summed E-state index contributed by atoms with van der Waals surface area (Å²) < 4.78 is 11.0. The van der Waals surface area contributed by atoms with Gasteiger partial charge in [0, 0.05) is 19.7 Å². The lowest BCUT2D eigenvalue weighted by Gasteiger charge is -2.16. The van der Waals surface area contributed by atoms with Gasteiger partial charge >= 0.3 is 0 Å². The molecule has 26 heavy (non-hydrogen) atoms. The monoisotopic (exact) mass is 472 g/mol. The van der Waals surface area contributed by atoms with Crippen LogP contribution in [-0.2, 0) is 24.3 Å². The highest BCUT2D eigenvalue weighted by Crippen LogP contribution is 2.04. The molecule has 2 aromatic rings. The molecular formula is C19H29IN4O2. The van der Waals surface area contributed by atoms with E-state index >= 15 is 0 Å². The predicted octanol–water partition coefficient (Wildman–Crippen LogP) is 3.37. The Kier molecular flexibility index (Phi) is 11.0. The number of nitrogens with zero attached hydrogens (tertiary/aromatic N) is 2. The maximum absolute atomic E-state index is 5.77. The quantitative estimate of drug-likeness (QED) is 0.333. The molecule has 2 rings (SSSR count). The van der Waals surface area contributed by atoms with Gasteiger partial charge in [-0.3, -0.25) is 4.99 Å². The van der Waals surface area contributed by atoms with Gasteiger partial charge in [-0.1, -0.05) is 49.3 Å². The van der Waals surface area contributed by atoms with Crippen LogP contribution in [0.2, 0.25) is 0 Å². The molecule has 0 saturated carbocycles. The summed E-state index contributed by atoms with van der Waals surface area (Å²) in [5.74, 6) is 1.92. The summed E-state index contributed by atoms with van der Waals surface area (Å²) >= 11 is 0. The van der Waals surface area contributed by atoms with Gasteiger partial charge in [0.1, 0.15) is 0 Å². The van der Waals surface area contributed by atoms with Crippen molar-refractivity contribution in [3.63, 3.8) is 0 Å². The molecule has 0 spiro atoms. The molecule has 0 aliphatic carbocycles. The second-order valence-corrected chi connectivity index (χ2v) is 6.05. The summed E-state index contributed by atoms with van der Waals surface area (Å²) in [4.78, 5) is 4.22. The van der Waals surface area contributed by atoms with Crippen LogP contribution >= 0.6 is 24.0 Å². The second kappa shape index (κ2) is 12.7. The highest BCUT2D eigenvalue weighted by atomic mass is 127. The van der Waals surface area contributed by atoms with Crippen molar-refractivity contribution < 1.29 is 9.26 Å². The van der Waals surface area contributed by atoms with Crippen LogP contribution in [0.15, 0.2) is 45.9 Å². The first-order valence-electron chi connectivity index (χ1n) is 8.72. The highest BCUT2D eigenvalue weighted by molar-refractivity contribution is 14.0. The third-order valence-corrected chi connectivity index (χ3v) is 3.76. The van der Waals surface area contributed by atoms with Crippen molar-refractivity contribution in [2.24, 2.45) is 10.9 Å². The molecule has 0 aliphatic heterocycles. The lowest BCUT2D eigenvalue weighted by atomic mass is 10.2. The maximum Gasteiger partial charge on any atom is 0.191 e. The Morgan fingerprint density at radius 1 is 1.27 bits per heavy atom. The summed E-state index contributed by atoms with van der Waals surface area (Å²) in [6.45, 7) is 6.88. The van der Waals surface area contributed by atoms with Crippen LogP contribution in [0.1, 0.15) is 30.9 Å². The number of ether oxygens (including phenoxy) is 1. The Morgan fingerprint density at radius 3 is 2.69 bits per heavy atom. The van der Waals surface area contributed by atoms with E-state index in [0.29, 0.717) is 25.7 Å². The maximum atomic E-state index is 5.77. The van der Waals surface area contributed by atoms with E-state index in [1.165, 1.54) is 5.56 Å². The highest BCUT2D eigenvalue weighted by Gasteiger charge is 2.07. The minimum atomic E-state index is 0. The van der Waals surface area contributed by atoms with Gasteiger partial charge in [-0.05, 0) is 17.9 Å². The third kappa shape index (κ3) is 8.18. The number of halogens is 1. The number of aliphatic imine (C=N–C) groups is 1. The SMILES string of the molecule is CCc1cc(CNC(=NC)NCC(C)COCc2ccccc2)on1.I. The number of nitrogens with one attached hydrogen (secondary N) is 2.